The lowest BCUT2D eigenvalue weighted by Crippen LogP contribution is -2.47. The summed E-state index contributed by atoms with van der Waals surface area (Å²) >= 11 is 0. The van der Waals surface area contributed by atoms with Gasteiger partial charge in [-0.1, -0.05) is 12.1 Å². The van der Waals surface area contributed by atoms with Crippen molar-refractivity contribution in [3.63, 3.8) is 0 Å². The molecule has 25 heavy (non-hydrogen) atoms. The number of methoxy groups -OCH3 is 1. The molecule has 1 saturated heterocycles. The van der Waals surface area contributed by atoms with Crippen LogP contribution < -0.4 is 10.6 Å². The van der Waals surface area contributed by atoms with Gasteiger partial charge in [-0.05, 0) is 57.5 Å². The van der Waals surface area contributed by atoms with Crippen LogP contribution in [0.5, 0.6) is 0 Å². The van der Waals surface area contributed by atoms with Gasteiger partial charge in [0.05, 0.1) is 23.0 Å². The van der Waals surface area contributed by atoms with Crippen LogP contribution in [0.15, 0.2) is 24.3 Å². The number of sulfone groups is 1. The van der Waals surface area contributed by atoms with E-state index in [0.717, 1.165) is 13.1 Å². The average molecular weight is 368 g/mol. The molecule has 1 amide bonds. The quantitative estimate of drug-likeness (QED) is 0.769. The van der Waals surface area contributed by atoms with E-state index < -0.39 is 20.5 Å². The normalized spacial score (nSPS) is 17.4. The molecular weight excluding hydrogens is 340 g/mol. The fraction of sp³-hybridized carbons (Fsp3) is 0.611. The first-order valence-corrected chi connectivity index (χ1v) is 10.3. The van der Waals surface area contributed by atoms with Crippen LogP contribution in [-0.2, 0) is 25.1 Å². The van der Waals surface area contributed by atoms with Gasteiger partial charge in [-0.25, -0.2) is 8.42 Å². The van der Waals surface area contributed by atoms with Crippen LogP contribution in [-0.4, -0.2) is 46.4 Å². The Kier molecular flexibility index (Phi) is 6.59. The largest absolute Gasteiger partial charge is 0.384 e. The number of carbonyl (C=O) groups excluding carboxylic acids is 1. The van der Waals surface area contributed by atoms with Crippen molar-refractivity contribution in [2.24, 2.45) is 5.41 Å². The number of piperidine rings is 1. The number of anilines is 1. The van der Waals surface area contributed by atoms with Crippen LogP contribution >= 0.6 is 0 Å². The SMILES string of the molecule is COCC1(C(=O)Nc2cccc(CS(=O)(=O)C(C)C)c2)CCNCC1. The number of nitrogens with one attached hydrogen (secondary N) is 2. The van der Waals surface area contributed by atoms with E-state index in [4.69, 9.17) is 4.74 Å². The summed E-state index contributed by atoms with van der Waals surface area (Å²) in [6, 6.07) is 7.06. The van der Waals surface area contributed by atoms with E-state index in [-0.39, 0.29) is 11.7 Å². The predicted octanol–water partition coefficient (Wildman–Crippen LogP) is 1.96. The van der Waals surface area contributed by atoms with Crippen LogP contribution in [0.3, 0.4) is 0 Å². The van der Waals surface area contributed by atoms with Gasteiger partial charge in [-0.3, -0.25) is 4.79 Å². The first kappa shape index (κ1) is 19.9. The lowest BCUT2D eigenvalue weighted by Gasteiger charge is -2.35. The Morgan fingerprint density at radius 2 is 2.00 bits per heavy atom. The lowest BCUT2D eigenvalue weighted by atomic mass is 9.78. The molecule has 2 rings (SSSR count). The summed E-state index contributed by atoms with van der Waals surface area (Å²) in [6.45, 7) is 5.29. The number of amides is 1. The third-order valence-electron chi connectivity index (χ3n) is 4.73. The summed E-state index contributed by atoms with van der Waals surface area (Å²) in [5, 5.41) is 5.79. The molecule has 2 N–H and O–H groups in total. The molecule has 1 aliphatic heterocycles. The summed E-state index contributed by atoms with van der Waals surface area (Å²) in [5.41, 5.74) is 0.757. The predicted molar refractivity (Wildman–Crippen MR) is 99.2 cm³/mol. The highest BCUT2D eigenvalue weighted by Gasteiger charge is 2.39. The van der Waals surface area contributed by atoms with Gasteiger partial charge in [0.15, 0.2) is 9.84 Å². The second-order valence-electron chi connectivity index (χ2n) is 6.97. The third-order valence-corrected chi connectivity index (χ3v) is 6.91. The van der Waals surface area contributed by atoms with E-state index in [1.807, 2.05) is 0 Å². The Balaban J connectivity index is 2.14. The number of ether oxygens (including phenoxy) is 1. The number of hydrogen-bond donors (Lipinski definition) is 2. The minimum absolute atomic E-state index is 0.0263. The minimum atomic E-state index is -3.18. The van der Waals surface area contributed by atoms with Crippen LogP contribution in [0.1, 0.15) is 32.3 Å². The zero-order valence-electron chi connectivity index (χ0n) is 15.2. The first-order valence-electron chi connectivity index (χ1n) is 8.61. The second-order valence-corrected chi connectivity index (χ2v) is 9.53. The van der Waals surface area contributed by atoms with Gasteiger partial charge in [-0.2, -0.15) is 0 Å². The fourth-order valence-electron chi connectivity index (χ4n) is 3.02. The molecule has 140 valence electrons. The molecule has 0 aromatic heterocycles. The molecule has 0 spiro atoms. The molecule has 1 aliphatic rings. The maximum atomic E-state index is 12.8. The first-order chi connectivity index (χ1) is 11.8. The van der Waals surface area contributed by atoms with Crippen molar-refractivity contribution < 1.29 is 17.9 Å². The highest BCUT2D eigenvalue weighted by Crippen LogP contribution is 2.31. The highest BCUT2D eigenvalue weighted by atomic mass is 32.2. The van der Waals surface area contributed by atoms with Gasteiger partial charge in [0, 0.05) is 12.8 Å². The highest BCUT2D eigenvalue weighted by molar-refractivity contribution is 7.91. The van der Waals surface area contributed by atoms with Crippen molar-refractivity contribution in [1.82, 2.24) is 5.32 Å². The number of benzene rings is 1. The maximum Gasteiger partial charge on any atom is 0.233 e. The molecule has 0 bridgehead atoms. The summed E-state index contributed by atoms with van der Waals surface area (Å²) in [4.78, 5) is 12.8. The second kappa shape index (κ2) is 8.29. The van der Waals surface area contributed by atoms with Crippen LogP contribution in [0, 0.1) is 5.41 Å². The van der Waals surface area contributed by atoms with Gasteiger partial charge in [0.2, 0.25) is 5.91 Å². The van der Waals surface area contributed by atoms with Crippen LogP contribution in [0.4, 0.5) is 5.69 Å². The molecule has 1 aromatic rings. The summed E-state index contributed by atoms with van der Waals surface area (Å²) in [7, 11) is -1.57. The van der Waals surface area contributed by atoms with Crippen molar-refractivity contribution in [2.75, 3.05) is 32.1 Å². The Hall–Kier alpha value is -1.44. The fourth-order valence-corrected chi connectivity index (χ4v) is 4.00. The minimum Gasteiger partial charge on any atom is -0.384 e. The lowest BCUT2D eigenvalue weighted by molar-refractivity contribution is -0.130. The number of carbonyl (C=O) groups is 1. The van der Waals surface area contributed by atoms with Crippen LogP contribution in [0.2, 0.25) is 0 Å². The molecule has 0 aliphatic carbocycles. The Bertz CT molecular complexity index is 689. The van der Waals surface area contributed by atoms with Gasteiger partial charge in [0.1, 0.15) is 0 Å². The third kappa shape index (κ3) is 5.03. The topological polar surface area (TPSA) is 84.5 Å². The Labute approximate surface area is 150 Å². The van der Waals surface area contributed by atoms with Crippen molar-refractivity contribution in [3.05, 3.63) is 29.8 Å². The van der Waals surface area contributed by atoms with E-state index in [2.05, 4.69) is 10.6 Å². The molecule has 1 fully saturated rings. The summed E-state index contributed by atoms with van der Waals surface area (Å²) in [6.07, 6.45) is 1.43. The van der Waals surface area contributed by atoms with Gasteiger partial charge >= 0.3 is 0 Å². The van der Waals surface area contributed by atoms with E-state index >= 15 is 0 Å². The molecule has 7 heteroatoms. The molecule has 1 aromatic carbocycles. The van der Waals surface area contributed by atoms with E-state index in [1.165, 1.54) is 0 Å². The molecular formula is C18H28N2O4S. The van der Waals surface area contributed by atoms with E-state index in [9.17, 15) is 13.2 Å². The van der Waals surface area contributed by atoms with Crippen molar-refractivity contribution >= 4 is 21.4 Å². The summed E-state index contributed by atoms with van der Waals surface area (Å²) in [5.74, 6) is -0.0960. The van der Waals surface area contributed by atoms with Gasteiger partial charge < -0.3 is 15.4 Å². The average Bonchev–Trinajstić information content (AvgIpc) is 2.55. The molecule has 0 radical (unpaired) electrons. The van der Waals surface area contributed by atoms with Crippen molar-refractivity contribution in [3.8, 4) is 0 Å². The van der Waals surface area contributed by atoms with E-state index in [1.54, 1.807) is 45.2 Å². The van der Waals surface area contributed by atoms with E-state index in [0.29, 0.717) is 30.7 Å². The molecule has 0 saturated carbocycles. The van der Waals surface area contributed by atoms with Gasteiger partial charge in [-0.15, -0.1) is 0 Å². The molecule has 0 atom stereocenters. The molecule has 1 heterocycles. The zero-order chi connectivity index (χ0) is 18.5. The smallest absolute Gasteiger partial charge is 0.233 e. The Morgan fingerprint density at radius 1 is 1.32 bits per heavy atom. The van der Waals surface area contributed by atoms with Gasteiger partial charge in [0.25, 0.3) is 0 Å². The zero-order valence-corrected chi connectivity index (χ0v) is 16.0. The molecule has 0 unspecified atom stereocenters. The number of rotatable bonds is 7. The molecule has 6 nitrogen and oxygen atoms in total. The maximum absolute atomic E-state index is 12.8. The monoisotopic (exact) mass is 368 g/mol. The van der Waals surface area contributed by atoms with Crippen LogP contribution in [0.25, 0.3) is 0 Å². The Morgan fingerprint density at radius 3 is 2.60 bits per heavy atom. The summed E-state index contributed by atoms with van der Waals surface area (Å²) < 4.78 is 29.5. The number of hydrogen-bond acceptors (Lipinski definition) is 5. The standard InChI is InChI=1S/C18H28N2O4S/c1-14(2)25(22,23)12-15-5-4-6-16(11-15)20-17(21)18(13-24-3)7-9-19-10-8-18/h4-6,11,14,19H,7-10,12-13H2,1-3H3,(H,20,21). The van der Waals surface area contributed by atoms with Crippen molar-refractivity contribution in [2.45, 2.75) is 37.7 Å². The van der Waals surface area contributed by atoms with Crippen molar-refractivity contribution in [1.29, 1.82) is 0 Å².